The Labute approximate surface area is 152 Å². The van der Waals surface area contributed by atoms with Crippen molar-refractivity contribution in [3.05, 3.63) is 48.4 Å². The molecule has 5 heteroatoms. The van der Waals surface area contributed by atoms with Gasteiger partial charge in [-0.05, 0) is 42.5 Å². The van der Waals surface area contributed by atoms with Crippen molar-refractivity contribution in [2.75, 3.05) is 13.1 Å². The molecule has 1 aliphatic rings. The maximum absolute atomic E-state index is 8.08. The van der Waals surface area contributed by atoms with E-state index in [0.29, 0.717) is 5.84 Å². The van der Waals surface area contributed by atoms with Gasteiger partial charge in [0, 0.05) is 17.8 Å². The number of amidine groups is 1. The molecule has 0 atom stereocenters. The number of benzene rings is 1. The van der Waals surface area contributed by atoms with Crippen LogP contribution in [0.5, 0.6) is 0 Å². The molecule has 0 saturated carbocycles. The lowest BCUT2D eigenvalue weighted by Crippen LogP contribution is -2.24. The molecule has 1 aromatic carbocycles. The Balaban J connectivity index is 0.000000880. The van der Waals surface area contributed by atoms with E-state index in [-0.39, 0.29) is 0 Å². The third kappa shape index (κ3) is 3.99. The predicted octanol–water partition coefficient (Wildman–Crippen LogP) is 5.40. The van der Waals surface area contributed by atoms with Gasteiger partial charge in [0.2, 0.25) is 0 Å². The van der Waals surface area contributed by atoms with Crippen molar-refractivity contribution in [2.45, 2.75) is 26.7 Å². The predicted molar refractivity (Wildman–Crippen MR) is 108 cm³/mol. The molecule has 0 unspecified atom stereocenters. The van der Waals surface area contributed by atoms with Crippen LogP contribution in [-0.2, 0) is 0 Å². The van der Waals surface area contributed by atoms with Gasteiger partial charge >= 0.3 is 0 Å². The Morgan fingerprint density at radius 1 is 1.24 bits per heavy atom. The third-order valence-electron chi connectivity index (χ3n) is 4.13. The van der Waals surface area contributed by atoms with Crippen LogP contribution in [0.4, 0.5) is 0 Å². The molecule has 3 aromatic rings. The number of likely N-dealkylation sites (tertiary alicyclic amines) is 1. The number of nitrogens with zero attached hydrogens (tertiary/aromatic N) is 2. The van der Waals surface area contributed by atoms with Crippen LogP contribution in [0.1, 0.15) is 32.5 Å². The van der Waals surface area contributed by atoms with Crippen LogP contribution in [0.15, 0.2) is 42.6 Å². The molecule has 25 heavy (non-hydrogen) atoms. The number of hydrogen-bond acceptors (Lipinski definition) is 3. The lowest BCUT2D eigenvalue weighted by Gasteiger charge is -2.14. The van der Waals surface area contributed by atoms with Gasteiger partial charge in [-0.1, -0.05) is 32.0 Å². The minimum Gasteiger partial charge on any atom is -0.357 e. The number of aromatic amines is 1. The van der Waals surface area contributed by atoms with Gasteiger partial charge in [0.05, 0.1) is 16.8 Å². The topological polar surface area (TPSA) is 55.8 Å². The largest absolute Gasteiger partial charge is 0.357 e. The Bertz CT molecular complexity index is 836. The van der Waals surface area contributed by atoms with E-state index < -0.39 is 0 Å². The van der Waals surface area contributed by atoms with Crippen LogP contribution in [-0.4, -0.2) is 33.8 Å². The molecular formula is C20H24N4S. The van der Waals surface area contributed by atoms with Crippen molar-refractivity contribution < 1.29 is 0 Å². The summed E-state index contributed by atoms with van der Waals surface area (Å²) >= 11 is 1.76. The summed E-state index contributed by atoms with van der Waals surface area (Å²) in [6, 6.07) is 10.6. The van der Waals surface area contributed by atoms with Gasteiger partial charge in [0.1, 0.15) is 11.7 Å². The molecule has 0 radical (unpaired) electrons. The Morgan fingerprint density at radius 3 is 2.76 bits per heavy atom. The average molecular weight is 353 g/mol. The van der Waals surface area contributed by atoms with Gasteiger partial charge in [-0.3, -0.25) is 5.41 Å². The number of H-pyrrole nitrogens is 1. The molecule has 1 aliphatic heterocycles. The highest BCUT2D eigenvalue weighted by Crippen LogP contribution is 2.32. The van der Waals surface area contributed by atoms with E-state index in [2.05, 4.69) is 45.2 Å². The van der Waals surface area contributed by atoms with E-state index in [1.807, 2.05) is 32.2 Å². The fourth-order valence-electron chi connectivity index (χ4n) is 2.88. The molecule has 0 bridgehead atoms. The van der Waals surface area contributed by atoms with E-state index in [0.717, 1.165) is 24.6 Å². The first-order valence-electron chi connectivity index (χ1n) is 8.85. The highest BCUT2D eigenvalue weighted by molar-refractivity contribution is 7.22. The monoisotopic (exact) mass is 352 g/mol. The van der Waals surface area contributed by atoms with E-state index in [9.17, 15) is 0 Å². The highest BCUT2D eigenvalue weighted by Gasteiger charge is 2.12. The zero-order valence-corrected chi connectivity index (χ0v) is 15.6. The SMILES string of the molecule is CC.N=C(/C=C\c1ncc(-c2cc3ccccc3s2)[nH]1)N1CCCC1. The molecule has 1 fully saturated rings. The van der Waals surface area contributed by atoms with Gasteiger partial charge in [0.15, 0.2) is 0 Å². The smallest absolute Gasteiger partial charge is 0.130 e. The first kappa shape index (κ1) is 17.4. The molecule has 3 heterocycles. The number of hydrogen-bond donors (Lipinski definition) is 2. The fraction of sp³-hybridized carbons (Fsp3) is 0.300. The molecular weight excluding hydrogens is 328 g/mol. The summed E-state index contributed by atoms with van der Waals surface area (Å²) in [4.78, 5) is 11.0. The Hall–Kier alpha value is -2.40. The van der Waals surface area contributed by atoms with Crippen LogP contribution < -0.4 is 0 Å². The van der Waals surface area contributed by atoms with E-state index in [1.54, 1.807) is 11.3 Å². The van der Waals surface area contributed by atoms with Gasteiger partial charge in [-0.15, -0.1) is 11.3 Å². The number of rotatable bonds is 3. The van der Waals surface area contributed by atoms with Crippen molar-refractivity contribution in [2.24, 2.45) is 0 Å². The molecule has 1 saturated heterocycles. The molecule has 2 N–H and O–H groups in total. The Kier molecular flexibility index (Phi) is 5.66. The second-order valence-corrected chi connectivity index (χ2v) is 6.83. The van der Waals surface area contributed by atoms with E-state index >= 15 is 0 Å². The van der Waals surface area contributed by atoms with Crippen molar-refractivity contribution in [1.29, 1.82) is 5.41 Å². The molecule has 0 aliphatic carbocycles. The van der Waals surface area contributed by atoms with Crippen molar-refractivity contribution in [1.82, 2.24) is 14.9 Å². The standard InChI is InChI=1S/C18H18N4S.C2H6/c19-17(22-9-3-4-10-22)7-8-18-20-12-14(21-18)16-11-13-5-1-2-6-15(13)23-16;1-2/h1-2,5-8,11-12,19H,3-4,9-10H2,(H,20,21);1-2H3/b8-7-,19-17?;. The van der Waals surface area contributed by atoms with Gasteiger partial charge in [0.25, 0.3) is 0 Å². The summed E-state index contributed by atoms with van der Waals surface area (Å²) in [5.74, 6) is 1.36. The van der Waals surface area contributed by atoms with Gasteiger partial charge in [-0.2, -0.15) is 0 Å². The minimum atomic E-state index is 0.572. The average Bonchev–Trinajstić information content (AvgIpc) is 3.41. The number of aromatic nitrogens is 2. The summed E-state index contributed by atoms with van der Waals surface area (Å²) in [7, 11) is 0. The first-order chi connectivity index (χ1) is 12.3. The molecule has 0 spiro atoms. The van der Waals surface area contributed by atoms with Crippen LogP contribution in [0.3, 0.4) is 0 Å². The molecule has 4 nitrogen and oxygen atoms in total. The summed E-state index contributed by atoms with van der Waals surface area (Å²) in [5.41, 5.74) is 1.03. The lowest BCUT2D eigenvalue weighted by atomic mass is 10.2. The van der Waals surface area contributed by atoms with Crippen molar-refractivity contribution in [3.8, 4) is 10.6 Å². The van der Waals surface area contributed by atoms with Crippen molar-refractivity contribution >= 4 is 33.3 Å². The highest BCUT2D eigenvalue weighted by atomic mass is 32.1. The zero-order chi connectivity index (χ0) is 17.6. The van der Waals surface area contributed by atoms with E-state index in [4.69, 9.17) is 5.41 Å². The quantitative estimate of drug-likeness (QED) is 0.489. The first-order valence-corrected chi connectivity index (χ1v) is 9.67. The second kappa shape index (κ2) is 8.12. The summed E-state index contributed by atoms with van der Waals surface area (Å²) < 4.78 is 1.28. The number of nitrogens with one attached hydrogen (secondary N) is 2. The lowest BCUT2D eigenvalue weighted by molar-refractivity contribution is 0.519. The number of thiophene rings is 1. The summed E-state index contributed by atoms with van der Waals surface area (Å²) in [5, 5.41) is 9.34. The van der Waals surface area contributed by atoms with Crippen LogP contribution >= 0.6 is 11.3 Å². The van der Waals surface area contributed by atoms with Crippen LogP contribution in [0.2, 0.25) is 0 Å². The van der Waals surface area contributed by atoms with Gasteiger partial charge < -0.3 is 9.88 Å². The normalized spacial score (nSPS) is 14.1. The molecule has 2 aromatic heterocycles. The molecule has 0 amide bonds. The zero-order valence-electron chi connectivity index (χ0n) is 14.7. The maximum atomic E-state index is 8.08. The fourth-order valence-corrected chi connectivity index (χ4v) is 3.91. The number of imidazole rings is 1. The molecule has 4 rings (SSSR count). The van der Waals surface area contributed by atoms with Crippen LogP contribution in [0.25, 0.3) is 26.7 Å². The van der Waals surface area contributed by atoms with Crippen LogP contribution in [0, 0.1) is 5.41 Å². The number of fused-ring (bicyclic) bond motifs is 1. The Morgan fingerprint density at radius 2 is 2.00 bits per heavy atom. The van der Waals surface area contributed by atoms with E-state index in [1.165, 1.54) is 27.8 Å². The third-order valence-corrected chi connectivity index (χ3v) is 5.28. The maximum Gasteiger partial charge on any atom is 0.130 e. The second-order valence-electron chi connectivity index (χ2n) is 5.74. The molecule has 130 valence electrons. The van der Waals surface area contributed by atoms with Crippen molar-refractivity contribution in [3.63, 3.8) is 0 Å². The van der Waals surface area contributed by atoms with Gasteiger partial charge in [-0.25, -0.2) is 4.98 Å². The summed E-state index contributed by atoms with van der Waals surface area (Å²) in [6.45, 7) is 5.99. The minimum absolute atomic E-state index is 0.572. The summed E-state index contributed by atoms with van der Waals surface area (Å²) in [6.07, 6.45) is 7.96.